The van der Waals surface area contributed by atoms with Crippen molar-refractivity contribution in [1.82, 2.24) is 9.88 Å². The van der Waals surface area contributed by atoms with Crippen LogP contribution in [0, 0.1) is 0 Å². The second-order valence-electron chi connectivity index (χ2n) is 3.53. The summed E-state index contributed by atoms with van der Waals surface area (Å²) in [5, 5.41) is 9.67. The lowest BCUT2D eigenvalue weighted by Crippen LogP contribution is -2.26. The number of aliphatic hydroxyl groups excluding tert-OH is 1. The molecule has 1 rings (SSSR count). The van der Waals surface area contributed by atoms with E-state index in [1.54, 1.807) is 19.2 Å². The second-order valence-corrected chi connectivity index (χ2v) is 3.92. The normalized spacial score (nSPS) is 13.2. The van der Waals surface area contributed by atoms with E-state index in [4.69, 9.17) is 16.7 Å². The highest BCUT2D eigenvalue weighted by atomic mass is 35.5. The van der Waals surface area contributed by atoms with Gasteiger partial charge in [-0.1, -0.05) is 17.7 Å². The van der Waals surface area contributed by atoms with Crippen LogP contribution < -0.4 is 0 Å². The van der Waals surface area contributed by atoms with Gasteiger partial charge in [0, 0.05) is 19.3 Å². The quantitative estimate of drug-likeness (QED) is 0.773. The zero-order valence-electron chi connectivity index (χ0n) is 8.44. The number of aromatic nitrogens is 1. The van der Waals surface area contributed by atoms with E-state index in [0.29, 0.717) is 11.7 Å². The molecule has 0 aromatic carbocycles. The van der Waals surface area contributed by atoms with Crippen molar-refractivity contribution < 1.29 is 5.11 Å². The Hall–Kier alpha value is -0.640. The highest BCUT2D eigenvalue weighted by Gasteiger charge is 2.03. The highest BCUT2D eigenvalue weighted by molar-refractivity contribution is 6.29. The topological polar surface area (TPSA) is 36.4 Å². The zero-order valence-corrected chi connectivity index (χ0v) is 9.20. The predicted molar refractivity (Wildman–Crippen MR) is 57.3 cm³/mol. The van der Waals surface area contributed by atoms with E-state index in [0.717, 1.165) is 12.1 Å². The van der Waals surface area contributed by atoms with Crippen molar-refractivity contribution in [2.45, 2.75) is 19.6 Å². The van der Waals surface area contributed by atoms with Gasteiger partial charge in [-0.05, 0) is 25.6 Å². The van der Waals surface area contributed by atoms with Crippen LogP contribution in [-0.4, -0.2) is 34.7 Å². The summed E-state index contributed by atoms with van der Waals surface area (Å²) in [6.45, 7) is 3.20. The van der Waals surface area contributed by atoms with Crippen molar-refractivity contribution in [1.29, 1.82) is 0 Å². The van der Waals surface area contributed by atoms with Gasteiger partial charge in [-0.15, -0.1) is 0 Å². The van der Waals surface area contributed by atoms with Gasteiger partial charge in [-0.2, -0.15) is 0 Å². The molecule has 1 N–H and O–H groups in total. The number of aliphatic hydroxyl groups is 1. The van der Waals surface area contributed by atoms with E-state index in [2.05, 4.69) is 4.98 Å². The standard InChI is InChI=1S/C10H15ClN2O/c1-8(14)6-13(2)7-9-3-4-10(11)12-5-9/h3-5,8,14H,6-7H2,1-2H3. The summed E-state index contributed by atoms with van der Waals surface area (Å²) in [4.78, 5) is 6.02. The molecular weight excluding hydrogens is 200 g/mol. The fourth-order valence-corrected chi connectivity index (χ4v) is 1.44. The molecule has 0 amide bonds. The molecule has 0 aliphatic carbocycles. The first-order chi connectivity index (χ1) is 6.58. The molecule has 0 radical (unpaired) electrons. The van der Waals surface area contributed by atoms with Gasteiger partial charge >= 0.3 is 0 Å². The number of halogens is 1. The largest absolute Gasteiger partial charge is 0.392 e. The minimum absolute atomic E-state index is 0.305. The Balaban J connectivity index is 2.47. The molecule has 0 saturated carbocycles. The van der Waals surface area contributed by atoms with Crippen LogP contribution >= 0.6 is 11.6 Å². The molecule has 78 valence electrons. The molecule has 1 heterocycles. The predicted octanol–water partition coefficient (Wildman–Crippen LogP) is 1.55. The molecule has 1 aromatic heterocycles. The summed E-state index contributed by atoms with van der Waals surface area (Å²) < 4.78 is 0. The van der Waals surface area contributed by atoms with Crippen molar-refractivity contribution in [2.24, 2.45) is 0 Å². The first-order valence-corrected chi connectivity index (χ1v) is 4.93. The van der Waals surface area contributed by atoms with Crippen LogP contribution in [0.15, 0.2) is 18.3 Å². The van der Waals surface area contributed by atoms with Crippen LogP contribution in [0.2, 0.25) is 5.15 Å². The maximum atomic E-state index is 9.17. The van der Waals surface area contributed by atoms with E-state index in [9.17, 15) is 0 Å². The minimum atomic E-state index is -0.305. The lowest BCUT2D eigenvalue weighted by atomic mass is 10.2. The Bertz CT molecular complexity index is 274. The lowest BCUT2D eigenvalue weighted by Gasteiger charge is -2.17. The maximum Gasteiger partial charge on any atom is 0.129 e. The average Bonchev–Trinajstić information content (AvgIpc) is 2.07. The van der Waals surface area contributed by atoms with Crippen molar-refractivity contribution >= 4 is 11.6 Å². The molecule has 0 aliphatic rings. The third-order valence-electron chi connectivity index (χ3n) is 1.82. The summed E-state index contributed by atoms with van der Waals surface area (Å²) in [6.07, 6.45) is 1.45. The van der Waals surface area contributed by atoms with Crippen LogP contribution in [0.1, 0.15) is 12.5 Å². The van der Waals surface area contributed by atoms with E-state index >= 15 is 0 Å². The van der Waals surface area contributed by atoms with E-state index in [1.165, 1.54) is 0 Å². The smallest absolute Gasteiger partial charge is 0.129 e. The lowest BCUT2D eigenvalue weighted by molar-refractivity contribution is 0.138. The van der Waals surface area contributed by atoms with Crippen LogP contribution in [-0.2, 0) is 6.54 Å². The van der Waals surface area contributed by atoms with Crippen LogP contribution in [0.3, 0.4) is 0 Å². The van der Waals surface area contributed by atoms with Gasteiger partial charge in [-0.25, -0.2) is 4.98 Å². The molecule has 1 unspecified atom stereocenters. The Kier molecular flexibility index (Phi) is 4.32. The van der Waals surface area contributed by atoms with Gasteiger partial charge in [0.05, 0.1) is 6.10 Å². The fraction of sp³-hybridized carbons (Fsp3) is 0.500. The fourth-order valence-electron chi connectivity index (χ4n) is 1.33. The molecule has 0 bridgehead atoms. The molecule has 1 atom stereocenters. The summed E-state index contributed by atoms with van der Waals surface area (Å²) in [6, 6.07) is 3.71. The molecule has 0 fully saturated rings. The first kappa shape index (κ1) is 11.4. The summed E-state index contributed by atoms with van der Waals surface area (Å²) in [7, 11) is 1.96. The number of likely N-dealkylation sites (N-methyl/N-ethyl adjacent to an activating group) is 1. The number of hydrogen-bond donors (Lipinski definition) is 1. The number of hydrogen-bond acceptors (Lipinski definition) is 3. The van der Waals surface area contributed by atoms with Crippen molar-refractivity contribution in [3.8, 4) is 0 Å². The first-order valence-electron chi connectivity index (χ1n) is 4.55. The van der Waals surface area contributed by atoms with Gasteiger partial charge in [0.2, 0.25) is 0 Å². The molecule has 14 heavy (non-hydrogen) atoms. The van der Waals surface area contributed by atoms with Crippen LogP contribution in [0.5, 0.6) is 0 Å². The van der Waals surface area contributed by atoms with Gasteiger partial charge in [0.25, 0.3) is 0 Å². The zero-order chi connectivity index (χ0) is 10.6. The summed E-state index contributed by atoms with van der Waals surface area (Å²) >= 11 is 5.67. The van der Waals surface area contributed by atoms with Crippen LogP contribution in [0.4, 0.5) is 0 Å². The number of nitrogens with zero attached hydrogens (tertiary/aromatic N) is 2. The van der Waals surface area contributed by atoms with E-state index < -0.39 is 0 Å². The Morgan fingerprint density at radius 3 is 2.79 bits per heavy atom. The van der Waals surface area contributed by atoms with Crippen molar-refractivity contribution in [2.75, 3.05) is 13.6 Å². The second kappa shape index (κ2) is 5.29. The third-order valence-corrected chi connectivity index (χ3v) is 2.04. The van der Waals surface area contributed by atoms with Gasteiger partial charge in [0.1, 0.15) is 5.15 Å². The summed E-state index contributed by atoms with van der Waals surface area (Å²) in [5.41, 5.74) is 1.09. The molecular formula is C10H15ClN2O. The minimum Gasteiger partial charge on any atom is -0.392 e. The Labute approximate surface area is 89.3 Å². The summed E-state index contributed by atoms with van der Waals surface area (Å²) in [5.74, 6) is 0. The Morgan fingerprint density at radius 2 is 2.29 bits per heavy atom. The maximum absolute atomic E-state index is 9.17. The van der Waals surface area contributed by atoms with E-state index in [1.807, 2.05) is 18.0 Å². The number of rotatable bonds is 4. The SMILES string of the molecule is CC(O)CN(C)Cc1ccc(Cl)nc1. The molecule has 0 spiro atoms. The Morgan fingerprint density at radius 1 is 1.57 bits per heavy atom. The molecule has 1 aromatic rings. The highest BCUT2D eigenvalue weighted by Crippen LogP contribution is 2.07. The van der Waals surface area contributed by atoms with Gasteiger partial charge in [0.15, 0.2) is 0 Å². The molecule has 0 saturated heterocycles. The van der Waals surface area contributed by atoms with Gasteiger partial charge in [-0.3, -0.25) is 4.90 Å². The molecule has 3 nitrogen and oxygen atoms in total. The van der Waals surface area contributed by atoms with Crippen LogP contribution in [0.25, 0.3) is 0 Å². The monoisotopic (exact) mass is 214 g/mol. The third kappa shape index (κ3) is 4.05. The van der Waals surface area contributed by atoms with Gasteiger partial charge < -0.3 is 5.11 Å². The molecule has 0 aliphatic heterocycles. The average molecular weight is 215 g/mol. The van der Waals surface area contributed by atoms with Crippen molar-refractivity contribution in [3.63, 3.8) is 0 Å². The van der Waals surface area contributed by atoms with Crippen molar-refractivity contribution in [3.05, 3.63) is 29.0 Å². The molecule has 4 heteroatoms. The van der Waals surface area contributed by atoms with E-state index in [-0.39, 0.29) is 6.10 Å². The number of pyridine rings is 1.